The summed E-state index contributed by atoms with van der Waals surface area (Å²) in [7, 11) is 1.67. The lowest BCUT2D eigenvalue weighted by atomic mass is 9.78. The molecule has 41 heavy (non-hydrogen) atoms. The number of esters is 1. The molecule has 5 heterocycles. The third kappa shape index (κ3) is 3.88. The second-order valence-corrected chi connectivity index (χ2v) is 11.1. The van der Waals surface area contributed by atoms with E-state index in [-0.39, 0.29) is 46.4 Å². The summed E-state index contributed by atoms with van der Waals surface area (Å²) < 4.78 is 28.3. The molecule has 1 aromatic carbocycles. The average Bonchev–Trinajstić information content (AvgIpc) is 3.43. The molecule has 1 amide bonds. The lowest BCUT2D eigenvalue weighted by Crippen LogP contribution is -2.63. The Kier molecular flexibility index (Phi) is 6.23. The van der Waals surface area contributed by atoms with Gasteiger partial charge in [0.25, 0.3) is 0 Å². The van der Waals surface area contributed by atoms with E-state index >= 15 is 4.39 Å². The zero-order valence-corrected chi connectivity index (χ0v) is 22.7. The lowest BCUT2D eigenvalue weighted by Gasteiger charge is -2.46. The molecular formula is C27H30FN5O8. The van der Waals surface area contributed by atoms with Gasteiger partial charge in [0.1, 0.15) is 29.1 Å². The van der Waals surface area contributed by atoms with Crippen LogP contribution in [0.3, 0.4) is 0 Å². The van der Waals surface area contributed by atoms with Gasteiger partial charge in [-0.15, -0.1) is 0 Å². The van der Waals surface area contributed by atoms with Gasteiger partial charge in [-0.2, -0.15) is 0 Å². The summed E-state index contributed by atoms with van der Waals surface area (Å²) in [6.07, 6.45) is 0.993. The van der Waals surface area contributed by atoms with Crippen molar-refractivity contribution in [1.82, 2.24) is 9.58 Å². The van der Waals surface area contributed by atoms with Gasteiger partial charge in [-0.25, -0.2) is 14.0 Å². The number of rotatable bonds is 6. The van der Waals surface area contributed by atoms with Crippen molar-refractivity contribution in [2.75, 3.05) is 43.4 Å². The molecule has 2 saturated heterocycles. The lowest BCUT2D eigenvalue weighted by molar-refractivity contribution is -0.163. The topological polar surface area (TPSA) is 168 Å². The van der Waals surface area contributed by atoms with Crippen LogP contribution in [0.2, 0.25) is 0 Å². The third-order valence-corrected chi connectivity index (χ3v) is 8.55. The van der Waals surface area contributed by atoms with Crippen molar-refractivity contribution in [3.63, 3.8) is 0 Å². The van der Waals surface area contributed by atoms with E-state index in [4.69, 9.17) is 15.2 Å². The molecule has 4 aliphatic rings. The van der Waals surface area contributed by atoms with Crippen LogP contribution in [0.1, 0.15) is 30.6 Å². The number of benzene rings is 1. The standard InChI is InChI=1S/C27H30FN5O8/c1-11-16(21(26(37)38)33-19(11)18(12(2)34)25(33)36)9-40-27(39)15-8-32-20-14(23(15)35)6-17(28)22(24(20)41-10-30(32)3)31-5-4-13(29)7-31/h6,8,11-13,18-19,34H,4-5,7,9-10,29H2,1-3H3,(H,37,38)/t11-,12?,13?,18+,19+/m0/s1. The molecule has 14 heteroatoms. The molecule has 0 saturated carbocycles. The first-order valence-corrected chi connectivity index (χ1v) is 13.3. The number of aliphatic hydroxyl groups is 1. The zero-order chi connectivity index (χ0) is 29.5. The Hall–Kier alpha value is -4.17. The fourth-order valence-corrected chi connectivity index (χ4v) is 6.51. The second kappa shape index (κ2) is 9.45. The molecule has 2 unspecified atom stereocenters. The predicted molar refractivity (Wildman–Crippen MR) is 143 cm³/mol. The van der Waals surface area contributed by atoms with Crippen molar-refractivity contribution >= 4 is 34.4 Å². The molecule has 4 aliphatic heterocycles. The Morgan fingerprint density at radius 3 is 2.68 bits per heavy atom. The summed E-state index contributed by atoms with van der Waals surface area (Å²) in [6.45, 7) is 3.63. The van der Waals surface area contributed by atoms with Gasteiger partial charge in [-0.05, 0) is 19.4 Å². The number of carbonyl (C=O) groups excluding carboxylic acids is 2. The average molecular weight is 572 g/mol. The highest BCUT2D eigenvalue weighted by Gasteiger charge is 2.60. The molecule has 4 N–H and O–H groups in total. The van der Waals surface area contributed by atoms with Crippen molar-refractivity contribution in [3.05, 3.63) is 45.1 Å². The van der Waals surface area contributed by atoms with E-state index in [1.54, 1.807) is 23.9 Å². The fraction of sp³-hybridized carbons (Fsp3) is 0.481. The number of aromatic nitrogens is 1. The summed E-state index contributed by atoms with van der Waals surface area (Å²) in [5, 5.41) is 21.3. The quantitative estimate of drug-likeness (QED) is 0.314. The number of carboxylic acids is 1. The highest BCUT2D eigenvalue weighted by molar-refractivity contribution is 6.01. The van der Waals surface area contributed by atoms with E-state index in [9.17, 15) is 29.4 Å². The third-order valence-electron chi connectivity index (χ3n) is 8.55. The predicted octanol–water partition coefficient (Wildman–Crippen LogP) is -0.0513. The molecule has 2 fully saturated rings. The largest absolute Gasteiger partial charge is 0.477 e. The van der Waals surface area contributed by atoms with Gasteiger partial charge in [0.2, 0.25) is 11.3 Å². The molecule has 0 aliphatic carbocycles. The first-order valence-electron chi connectivity index (χ1n) is 13.3. The number of hydrogen-bond donors (Lipinski definition) is 3. The Bertz CT molecular complexity index is 1600. The van der Waals surface area contributed by atoms with E-state index in [1.165, 1.54) is 17.8 Å². The maximum Gasteiger partial charge on any atom is 0.352 e. The Morgan fingerprint density at radius 1 is 1.32 bits per heavy atom. The molecule has 0 radical (unpaired) electrons. The number of amides is 1. The molecule has 5 atom stereocenters. The SMILES string of the molecule is CC(O)[C@H]1C(=O)N2C(C(=O)O)=C(COC(=O)c3cn4c5c(c(N6CCC(N)C6)c(F)cc5c3=O)OCN4C)[C@H](C)[C@H]12. The molecule has 0 bridgehead atoms. The second-order valence-electron chi connectivity index (χ2n) is 11.1. The maximum atomic E-state index is 15.5. The number of ether oxygens (including phenoxy) is 2. The van der Waals surface area contributed by atoms with Gasteiger partial charge < -0.3 is 35.2 Å². The van der Waals surface area contributed by atoms with Crippen molar-refractivity contribution < 1.29 is 38.5 Å². The van der Waals surface area contributed by atoms with Crippen LogP contribution in [0.25, 0.3) is 10.9 Å². The minimum absolute atomic E-state index is 0.0118. The van der Waals surface area contributed by atoms with Crippen molar-refractivity contribution in [2.24, 2.45) is 17.6 Å². The fourth-order valence-electron chi connectivity index (χ4n) is 6.51. The van der Waals surface area contributed by atoms with Gasteiger partial charge in [0.05, 0.1) is 23.4 Å². The van der Waals surface area contributed by atoms with Gasteiger partial charge in [-0.1, -0.05) is 6.92 Å². The van der Waals surface area contributed by atoms with Crippen LogP contribution in [-0.4, -0.2) is 89.3 Å². The first-order chi connectivity index (χ1) is 19.4. The van der Waals surface area contributed by atoms with Crippen molar-refractivity contribution in [3.8, 4) is 5.75 Å². The van der Waals surface area contributed by atoms with E-state index in [2.05, 4.69) is 0 Å². The number of β-lactam (4-membered cyclic amide) rings is 1. The van der Waals surface area contributed by atoms with E-state index < -0.39 is 59.7 Å². The van der Waals surface area contributed by atoms with E-state index in [1.807, 2.05) is 0 Å². The van der Waals surface area contributed by atoms with E-state index in [0.29, 0.717) is 25.0 Å². The molecule has 6 rings (SSSR count). The summed E-state index contributed by atoms with van der Waals surface area (Å²) in [5.41, 5.74) is 5.28. The monoisotopic (exact) mass is 571 g/mol. The van der Waals surface area contributed by atoms with Crippen LogP contribution in [0.5, 0.6) is 5.75 Å². The number of aliphatic carboxylic acids is 1. The number of halogens is 1. The van der Waals surface area contributed by atoms with Gasteiger partial charge >= 0.3 is 11.9 Å². The number of nitrogens with two attached hydrogens (primary N) is 1. The van der Waals surface area contributed by atoms with Crippen LogP contribution in [0, 0.1) is 17.7 Å². The van der Waals surface area contributed by atoms with Gasteiger partial charge in [-0.3, -0.25) is 19.3 Å². The van der Waals surface area contributed by atoms with Crippen LogP contribution in [0.4, 0.5) is 10.1 Å². The number of anilines is 1. The molecule has 2 aromatic rings. The normalized spacial score (nSPS) is 25.8. The van der Waals surface area contributed by atoms with Crippen LogP contribution in [-0.2, 0) is 14.3 Å². The van der Waals surface area contributed by atoms with E-state index in [0.717, 1.165) is 11.0 Å². The minimum atomic E-state index is -1.36. The number of nitrogens with zero attached hydrogens (tertiary/aromatic N) is 4. The Morgan fingerprint density at radius 2 is 2.05 bits per heavy atom. The van der Waals surface area contributed by atoms with Crippen LogP contribution >= 0.6 is 0 Å². The number of aliphatic hydroxyl groups excluding tert-OH is 1. The number of carbonyl (C=O) groups is 3. The van der Waals surface area contributed by atoms with Crippen molar-refractivity contribution in [1.29, 1.82) is 0 Å². The number of carboxylic acid groups (broad SMARTS) is 1. The summed E-state index contributed by atoms with van der Waals surface area (Å²) in [5.74, 6) is -4.69. The number of pyridine rings is 1. The minimum Gasteiger partial charge on any atom is -0.477 e. The Labute approximate surface area is 233 Å². The van der Waals surface area contributed by atoms with Crippen LogP contribution < -0.4 is 25.8 Å². The van der Waals surface area contributed by atoms with Gasteiger partial charge in [0.15, 0.2) is 18.3 Å². The summed E-state index contributed by atoms with van der Waals surface area (Å²) in [4.78, 5) is 54.2. The number of hydrogen-bond acceptors (Lipinski definition) is 10. The summed E-state index contributed by atoms with van der Waals surface area (Å²) >= 11 is 0. The highest BCUT2D eigenvalue weighted by Crippen LogP contribution is 2.47. The highest BCUT2D eigenvalue weighted by atomic mass is 19.1. The van der Waals surface area contributed by atoms with Crippen LogP contribution in [0.15, 0.2) is 28.3 Å². The smallest absolute Gasteiger partial charge is 0.352 e. The Balaban J connectivity index is 1.35. The zero-order valence-electron chi connectivity index (χ0n) is 22.7. The number of fused-ring (bicyclic) bond motifs is 1. The molecule has 218 valence electrons. The molecular weight excluding hydrogens is 541 g/mol. The molecule has 0 spiro atoms. The molecule has 13 nitrogen and oxygen atoms in total. The summed E-state index contributed by atoms with van der Waals surface area (Å²) in [6, 6.07) is 0.380. The maximum absolute atomic E-state index is 15.5. The van der Waals surface area contributed by atoms with Crippen molar-refractivity contribution in [2.45, 2.75) is 38.5 Å². The molecule has 1 aromatic heterocycles. The first kappa shape index (κ1) is 27.0. The van der Waals surface area contributed by atoms with Gasteiger partial charge in [0, 0.05) is 43.9 Å².